The molecule has 2 heterocycles. The van der Waals surface area contributed by atoms with Crippen molar-refractivity contribution in [1.29, 1.82) is 0 Å². The van der Waals surface area contributed by atoms with Crippen LogP contribution < -0.4 is 5.73 Å². The van der Waals surface area contributed by atoms with Gasteiger partial charge in [-0.05, 0) is 29.7 Å². The topological polar surface area (TPSA) is 74.9 Å². The molecular formula is C17H17F2N3O. The summed E-state index contributed by atoms with van der Waals surface area (Å²) in [4.78, 5) is 7.19. The lowest BCUT2D eigenvalue weighted by Crippen LogP contribution is -2.08. The lowest BCUT2D eigenvalue weighted by molar-refractivity contribution is 0.211. The fraction of sp³-hybridized carbons (Fsp3) is 0.235. The van der Waals surface area contributed by atoms with E-state index in [0.29, 0.717) is 16.6 Å². The number of nitrogens with two attached hydrogens (primary N) is 1. The molecule has 6 heteroatoms. The summed E-state index contributed by atoms with van der Waals surface area (Å²) in [5, 5.41) is 11.1. The van der Waals surface area contributed by atoms with Gasteiger partial charge in [0.2, 0.25) is 0 Å². The first-order chi connectivity index (χ1) is 10.9. The van der Waals surface area contributed by atoms with Crippen LogP contribution in [0.25, 0.3) is 11.0 Å². The molecule has 0 spiro atoms. The van der Waals surface area contributed by atoms with Crippen LogP contribution in [0, 0.1) is 11.6 Å². The number of rotatable bonds is 3. The summed E-state index contributed by atoms with van der Waals surface area (Å²) in [6, 6.07) is 4.04. The first kappa shape index (κ1) is 15.4. The minimum atomic E-state index is -1.48. The molecule has 0 aliphatic rings. The van der Waals surface area contributed by atoms with Gasteiger partial charge in [0.15, 0.2) is 5.82 Å². The van der Waals surface area contributed by atoms with Crippen LogP contribution in [0.4, 0.5) is 14.5 Å². The fourth-order valence-corrected chi connectivity index (χ4v) is 2.57. The number of hydrogen-bond donors (Lipinski definition) is 3. The quantitative estimate of drug-likeness (QED) is 0.646. The highest BCUT2D eigenvalue weighted by Crippen LogP contribution is 2.33. The Balaban J connectivity index is 2.17. The molecule has 0 bridgehead atoms. The molecule has 3 rings (SSSR count). The molecule has 4 nitrogen and oxygen atoms in total. The van der Waals surface area contributed by atoms with Gasteiger partial charge in [-0.2, -0.15) is 0 Å². The Morgan fingerprint density at radius 3 is 2.70 bits per heavy atom. The molecule has 0 aliphatic carbocycles. The van der Waals surface area contributed by atoms with Crippen molar-refractivity contribution < 1.29 is 13.9 Å². The van der Waals surface area contributed by atoms with Gasteiger partial charge >= 0.3 is 0 Å². The highest BCUT2D eigenvalue weighted by atomic mass is 19.1. The minimum Gasteiger partial charge on any atom is -0.396 e. The number of nitrogen functional groups attached to an aromatic ring is 1. The average molecular weight is 317 g/mol. The SMILES string of the molecule is CC(C)c1cnc2[nH]cc(C(O)c3c(F)ccc(N)c3F)c2c1. The number of hydrogen-bond acceptors (Lipinski definition) is 3. The smallest absolute Gasteiger partial charge is 0.155 e. The Hall–Kier alpha value is -2.47. The number of pyridine rings is 1. The second-order valence-electron chi connectivity index (χ2n) is 5.83. The van der Waals surface area contributed by atoms with Crippen LogP contribution in [-0.2, 0) is 0 Å². The lowest BCUT2D eigenvalue weighted by Gasteiger charge is -2.14. The number of aromatic nitrogens is 2. The Kier molecular flexibility index (Phi) is 3.77. The first-order valence-electron chi connectivity index (χ1n) is 7.28. The molecular weight excluding hydrogens is 300 g/mol. The fourth-order valence-electron chi connectivity index (χ4n) is 2.57. The number of aromatic amines is 1. The predicted molar refractivity (Wildman–Crippen MR) is 85.0 cm³/mol. The lowest BCUT2D eigenvalue weighted by atomic mass is 9.98. The highest BCUT2D eigenvalue weighted by molar-refractivity contribution is 5.81. The molecule has 0 saturated heterocycles. The number of benzene rings is 1. The molecule has 120 valence electrons. The van der Waals surface area contributed by atoms with Crippen molar-refractivity contribution in [2.75, 3.05) is 5.73 Å². The van der Waals surface area contributed by atoms with E-state index in [-0.39, 0.29) is 11.6 Å². The third kappa shape index (κ3) is 2.55. The molecule has 0 aliphatic heterocycles. The third-order valence-corrected chi connectivity index (χ3v) is 3.98. The largest absolute Gasteiger partial charge is 0.396 e. The van der Waals surface area contributed by atoms with E-state index in [1.54, 1.807) is 6.20 Å². The van der Waals surface area contributed by atoms with Crippen molar-refractivity contribution in [3.05, 3.63) is 58.9 Å². The van der Waals surface area contributed by atoms with Crippen molar-refractivity contribution in [3.8, 4) is 0 Å². The molecule has 0 amide bonds. The molecule has 4 N–H and O–H groups in total. The molecule has 0 radical (unpaired) electrons. The Bertz CT molecular complexity index is 874. The number of H-pyrrole nitrogens is 1. The average Bonchev–Trinajstić information content (AvgIpc) is 2.94. The number of nitrogens with zero attached hydrogens (tertiary/aromatic N) is 1. The van der Waals surface area contributed by atoms with Crippen LogP contribution >= 0.6 is 0 Å². The van der Waals surface area contributed by atoms with Gasteiger partial charge in [-0.1, -0.05) is 13.8 Å². The molecule has 0 fully saturated rings. The predicted octanol–water partition coefficient (Wildman–Crippen LogP) is 3.63. The van der Waals surface area contributed by atoms with Crippen molar-refractivity contribution >= 4 is 16.7 Å². The normalized spacial score (nSPS) is 13.0. The molecule has 0 saturated carbocycles. The number of anilines is 1. The summed E-state index contributed by atoms with van der Waals surface area (Å²) in [7, 11) is 0. The third-order valence-electron chi connectivity index (χ3n) is 3.98. The summed E-state index contributed by atoms with van der Waals surface area (Å²) < 4.78 is 28.2. The van der Waals surface area contributed by atoms with Gasteiger partial charge in [0.25, 0.3) is 0 Å². The first-order valence-corrected chi connectivity index (χ1v) is 7.28. The van der Waals surface area contributed by atoms with Gasteiger partial charge in [-0.25, -0.2) is 13.8 Å². The van der Waals surface area contributed by atoms with Crippen LogP contribution in [0.2, 0.25) is 0 Å². The van der Waals surface area contributed by atoms with E-state index in [1.807, 2.05) is 19.9 Å². The van der Waals surface area contributed by atoms with E-state index in [1.165, 1.54) is 6.20 Å². The molecule has 23 heavy (non-hydrogen) atoms. The second kappa shape index (κ2) is 5.62. The summed E-state index contributed by atoms with van der Waals surface area (Å²) >= 11 is 0. The maximum Gasteiger partial charge on any atom is 0.155 e. The zero-order valence-corrected chi connectivity index (χ0v) is 12.8. The zero-order chi connectivity index (χ0) is 16.7. The van der Waals surface area contributed by atoms with E-state index >= 15 is 0 Å². The Morgan fingerprint density at radius 2 is 2.00 bits per heavy atom. The summed E-state index contributed by atoms with van der Waals surface area (Å²) in [6.45, 7) is 4.03. The van der Waals surface area contributed by atoms with Crippen LogP contribution in [0.3, 0.4) is 0 Å². The molecule has 1 unspecified atom stereocenters. The molecule has 3 aromatic rings. The van der Waals surface area contributed by atoms with E-state index in [4.69, 9.17) is 5.73 Å². The highest BCUT2D eigenvalue weighted by Gasteiger charge is 2.24. The van der Waals surface area contributed by atoms with Crippen LogP contribution in [-0.4, -0.2) is 15.1 Å². The van der Waals surface area contributed by atoms with Gasteiger partial charge in [0.1, 0.15) is 17.6 Å². The van der Waals surface area contributed by atoms with Crippen molar-refractivity contribution in [1.82, 2.24) is 9.97 Å². The van der Waals surface area contributed by atoms with Crippen molar-refractivity contribution in [2.24, 2.45) is 0 Å². The summed E-state index contributed by atoms with van der Waals surface area (Å²) in [6.07, 6.45) is 1.77. The maximum absolute atomic E-state index is 14.2. The van der Waals surface area contributed by atoms with E-state index in [2.05, 4.69) is 9.97 Å². The Labute approximate surface area is 132 Å². The van der Waals surface area contributed by atoms with Gasteiger partial charge < -0.3 is 15.8 Å². The molecule has 1 aromatic carbocycles. The van der Waals surface area contributed by atoms with E-state index in [0.717, 1.165) is 17.7 Å². The maximum atomic E-state index is 14.2. The van der Waals surface area contributed by atoms with Crippen LogP contribution in [0.5, 0.6) is 0 Å². The monoisotopic (exact) mass is 317 g/mol. The van der Waals surface area contributed by atoms with Crippen LogP contribution in [0.15, 0.2) is 30.6 Å². The Morgan fingerprint density at radius 1 is 1.26 bits per heavy atom. The number of nitrogens with one attached hydrogen (secondary N) is 1. The van der Waals surface area contributed by atoms with Crippen molar-refractivity contribution in [3.63, 3.8) is 0 Å². The second-order valence-corrected chi connectivity index (χ2v) is 5.83. The zero-order valence-electron chi connectivity index (χ0n) is 12.8. The number of aliphatic hydroxyl groups excluding tert-OH is 1. The van der Waals surface area contributed by atoms with E-state index in [9.17, 15) is 13.9 Å². The number of aliphatic hydroxyl groups is 1. The van der Waals surface area contributed by atoms with Gasteiger partial charge in [0, 0.05) is 23.3 Å². The number of fused-ring (bicyclic) bond motifs is 1. The van der Waals surface area contributed by atoms with Gasteiger partial charge in [0.05, 0.1) is 11.3 Å². The van der Waals surface area contributed by atoms with E-state index < -0.39 is 23.3 Å². The molecule has 2 aromatic heterocycles. The summed E-state index contributed by atoms with van der Waals surface area (Å²) in [5.74, 6) is -1.54. The van der Waals surface area contributed by atoms with Crippen molar-refractivity contribution in [2.45, 2.75) is 25.9 Å². The van der Waals surface area contributed by atoms with Gasteiger partial charge in [-0.15, -0.1) is 0 Å². The number of halogens is 2. The van der Waals surface area contributed by atoms with Crippen LogP contribution in [0.1, 0.15) is 42.6 Å². The van der Waals surface area contributed by atoms with Gasteiger partial charge in [-0.3, -0.25) is 0 Å². The standard InChI is InChI=1S/C17H17F2N3O/c1-8(2)9-5-10-11(7-22-17(10)21-6-9)16(23)14-12(18)3-4-13(20)15(14)19/h3-8,16,23H,20H2,1-2H3,(H,21,22). The molecule has 1 atom stereocenters. The summed E-state index contributed by atoms with van der Waals surface area (Å²) in [5.41, 5.74) is 6.70. The minimum absolute atomic E-state index is 0.207.